The second-order valence-electron chi connectivity index (χ2n) is 5.61. The van der Waals surface area contributed by atoms with Crippen LogP contribution in [0.2, 0.25) is 0 Å². The van der Waals surface area contributed by atoms with Crippen molar-refractivity contribution in [2.24, 2.45) is 0 Å². The molecule has 1 amide bonds. The first-order chi connectivity index (χ1) is 6.64. The second kappa shape index (κ2) is 3.83. The molecular formula is C10H20ClN2O2+. The van der Waals surface area contributed by atoms with Gasteiger partial charge in [0, 0.05) is 18.2 Å². The summed E-state index contributed by atoms with van der Waals surface area (Å²) in [5, 5.41) is 0. The van der Waals surface area contributed by atoms with Crippen molar-refractivity contribution >= 4 is 17.9 Å². The Bertz CT molecular complexity index is 261. The molecule has 1 saturated heterocycles. The van der Waals surface area contributed by atoms with E-state index in [9.17, 15) is 4.79 Å². The molecule has 1 fully saturated rings. The monoisotopic (exact) mass is 235 g/mol. The fourth-order valence-electron chi connectivity index (χ4n) is 1.59. The summed E-state index contributed by atoms with van der Waals surface area (Å²) in [5.41, 5.74) is -0.423. The second-order valence-corrected chi connectivity index (χ2v) is 5.95. The zero-order valence-electron chi connectivity index (χ0n) is 10.1. The molecule has 0 aromatic carbocycles. The van der Waals surface area contributed by atoms with Gasteiger partial charge in [0.2, 0.25) is 0 Å². The molecule has 0 aliphatic carbocycles. The zero-order chi connectivity index (χ0) is 11.9. The first kappa shape index (κ1) is 12.6. The van der Waals surface area contributed by atoms with Gasteiger partial charge in [0.1, 0.15) is 6.10 Å². The Morgan fingerprint density at radius 1 is 1.47 bits per heavy atom. The number of hydrogen-bond acceptors (Lipinski definition) is 2. The summed E-state index contributed by atoms with van der Waals surface area (Å²) in [7, 11) is 6.34. The topological polar surface area (TPSA) is 29.5 Å². The summed E-state index contributed by atoms with van der Waals surface area (Å²) in [4.78, 5) is 11.3. The third-order valence-electron chi connectivity index (χ3n) is 2.76. The van der Waals surface area contributed by atoms with Crippen LogP contribution in [0.1, 0.15) is 20.3 Å². The van der Waals surface area contributed by atoms with Crippen LogP contribution in [0, 0.1) is 0 Å². The molecule has 0 bridgehead atoms. The fourth-order valence-corrected chi connectivity index (χ4v) is 1.74. The summed E-state index contributed by atoms with van der Waals surface area (Å²) in [5.74, 6) is 0. The van der Waals surface area contributed by atoms with Crippen molar-refractivity contribution in [3.05, 3.63) is 0 Å². The minimum absolute atomic E-state index is 0.125. The zero-order valence-corrected chi connectivity index (χ0v) is 10.8. The number of carbonyl (C=O) groups excluding carboxylic acids is 1. The minimum atomic E-state index is -0.437. The van der Waals surface area contributed by atoms with E-state index in [0.717, 1.165) is 21.9 Å². The van der Waals surface area contributed by atoms with Crippen LogP contribution < -0.4 is 0 Å². The maximum Gasteiger partial charge on any atom is 0.425 e. The van der Waals surface area contributed by atoms with Crippen LogP contribution in [0.25, 0.3) is 0 Å². The van der Waals surface area contributed by atoms with Gasteiger partial charge >= 0.3 is 6.09 Å². The van der Waals surface area contributed by atoms with E-state index in [4.69, 9.17) is 16.5 Å². The van der Waals surface area contributed by atoms with Crippen molar-refractivity contribution in [1.82, 2.24) is 4.42 Å². The third kappa shape index (κ3) is 2.75. The molecular weight excluding hydrogens is 216 g/mol. The number of nitrogens with zero attached hydrogens (tertiary/aromatic N) is 2. The lowest BCUT2D eigenvalue weighted by atomic mass is 9.95. The number of ether oxygens (including phenoxy) is 1. The van der Waals surface area contributed by atoms with Crippen molar-refractivity contribution in [3.63, 3.8) is 0 Å². The summed E-state index contributed by atoms with van der Waals surface area (Å²) < 4.78 is 7.24. The van der Waals surface area contributed by atoms with Crippen molar-refractivity contribution in [2.75, 3.05) is 27.7 Å². The van der Waals surface area contributed by atoms with Crippen LogP contribution in [0.15, 0.2) is 0 Å². The molecule has 1 heterocycles. The van der Waals surface area contributed by atoms with Gasteiger partial charge in [-0.25, -0.2) is 9.21 Å². The number of halogens is 1. The van der Waals surface area contributed by atoms with Crippen molar-refractivity contribution in [3.8, 4) is 0 Å². The van der Waals surface area contributed by atoms with E-state index < -0.39 is 11.6 Å². The molecule has 1 aliphatic rings. The van der Waals surface area contributed by atoms with E-state index in [-0.39, 0.29) is 6.10 Å². The van der Waals surface area contributed by atoms with Crippen LogP contribution in [-0.4, -0.2) is 54.3 Å². The van der Waals surface area contributed by atoms with Crippen LogP contribution >= 0.6 is 11.8 Å². The van der Waals surface area contributed by atoms with Crippen LogP contribution in [0.4, 0.5) is 4.79 Å². The molecule has 88 valence electrons. The standard InChI is InChI=1S/C10H20ClN2O2/c1-10(2)8(6-7-13(3,4)5)15-9(14)12(10)11/h8H,6-7H2,1-5H3/q+1. The number of amides is 1. The molecule has 0 N–H and O–H groups in total. The van der Waals surface area contributed by atoms with E-state index >= 15 is 0 Å². The van der Waals surface area contributed by atoms with Gasteiger partial charge in [-0.15, -0.1) is 0 Å². The molecule has 5 heteroatoms. The molecule has 0 spiro atoms. The molecule has 1 atom stereocenters. The highest BCUT2D eigenvalue weighted by Crippen LogP contribution is 2.33. The predicted molar refractivity (Wildman–Crippen MR) is 59.6 cm³/mol. The first-order valence-corrected chi connectivity index (χ1v) is 5.45. The van der Waals surface area contributed by atoms with E-state index in [1.54, 1.807) is 0 Å². The average molecular weight is 236 g/mol. The largest absolute Gasteiger partial charge is 0.442 e. The van der Waals surface area contributed by atoms with Gasteiger partial charge in [0.25, 0.3) is 0 Å². The van der Waals surface area contributed by atoms with Gasteiger partial charge in [-0.3, -0.25) is 0 Å². The van der Waals surface area contributed by atoms with E-state index in [2.05, 4.69) is 21.1 Å². The van der Waals surface area contributed by atoms with Crippen molar-refractivity contribution in [2.45, 2.75) is 31.9 Å². The Balaban J connectivity index is 2.61. The minimum Gasteiger partial charge on any atom is -0.442 e. The van der Waals surface area contributed by atoms with Crippen LogP contribution in [-0.2, 0) is 4.74 Å². The van der Waals surface area contributed by atoms with Crippen LogP contribution in [0.3, 0.4) is 0 Å². The Labute approximate surface area is 96.4 Å². The number of rotatable bonds is 3. The average Bonchev–Trinajstić information content (AvgIpc) is 2.25. The SMILES string of the molecule is CC1(C)C(CC[N+](C)(C)C)OC(=O)N1Cl. The van der Waals surface area contributed by atoms with E-state index in [0.29, 0.717) is 0 Å². The van der Waals surface area contributed by atoms with Crippen LogP contribution in [0.5, 0.6) is 0 Å². The van der Waals surface area contributed by atoms with Gasteiger partial charge < -0.3 is 9.22 Å². The summed E-state index contributed by atoms with van der Waals surface area (Å²) >= 11 is 5.85. The molecule has 1 aliphatic heterocycles. The summed E-state index contributed by atoms with van der Waals surface area (Å²) in [6.45, 7) is 4.79. The number of cyclic esters (lactones) is 1. The lowest BCUT2D eigenvalue weighted by molar-refractivity contribution is -0.870. The smallest absolute Gasteiger partial charge is 0.425 e. The molecule has 4 nitrogen and oxygen atoms in total. The van der Waals surface area contributed by atoms with Gasteiger partial charge in [-0.2, -0.15) is 0 Å². The quantitative estimate of drug-likeness (QED) is 0.552. The third-order valence-corrected chi connectivity index (χ3v) is 3.33. The molecule has 15 heavy (non-hydrogen) atoms. The molecule has 0 radical (unpaired) electrons. The highest BCUT2D eigenvalue weighted by atomic mass is 35.5. The fraction of sp³-hybridized carbons (Fsp3) is 0.900. The van der Waals surface area contributed by atoms with Crippen molar-refractivity contribution in [1.29, 1.82) is 0 Å². The van der Waals surface area contributed by atoms with Gasteiger partial charge in [-0.05, 0) is 13.8 Å². The maximum atomic E-state index is 11.3. The highest BCUT2D eigenvalue weighted by Gasteiger charge is 2.48. The summed E-state index contributed by atoms with van der Waals surface area (Å²) in [6, 6.07) is 0. The Kier molecular flexibility index (Phi) is 3.22. The maximum absolute atomic E-state index is 11.3. The Hall–Kier alpha value is -0.480. The summed E-state index contributed by atoms with van der Waals surface area (Å²) in [6.07, 6.45) is 0.263. The lowest BCUT2D eigenvalue weighted by Crippen LogP contribution is -2.44. The lowest BCUT2D eigenvalue weighted by Gasteiger charge is -2.30. The first-order valence-electron chi connectivity index (χ1n) is 5.11. The molecule has 1 unspecified atom stereocenters. The van der Waals surface area contributed by atoms with Crippen molar-refractivity contribution < 1.29 is 14.0 Å². The highest BCUT2D eigenvalue weighted by molar-refractivity contribution is 6.21. The van der Waals surface area contributed by atoms with E-state index in [1.807, 2.05) is 13.8 Å². The Morgan fingerprint density at radius 3 is 2.33 bits per heavy atom. The van der Waals surface area contributed by atoms with E-state index in [1.165, 1.54) is 0 Å². The van der Waals surface area contributed by atoms with Gasteiger partial charge in [-0.1, -0.05) is 0 Å². The molecule has 0 aromatic rings. The molecule has 1 rings (SSSR count). The Morgan fingerprint density at radius 2 is 2.00 bits per heavy atom. The number of quaternary nitrogens is 1. The molecule has 0 aromatic heterocycles. The normalized spacial score (nSPS) is 25.6. The predicted octanol–water partition coefficient (Wildman–Crippen LogP) is 1.84. The number of carbonyl (C=O) groups is 1. The van der Waals surface area contributed by atoms with Gasteiger partial charge in [0.15, 0.2) is 0 Å². The molecule has 0 saturated carbocycles. The van der Waals surface area contributed by atoms with Gasteiger partial charge in [0.05, 0.1) is 33.2 Å². The number of hydrogen-bond donors (Lipinski definition) is 0.